The van der Waals surface area contributed by atoms with Crippen molar-refractivity contribution in [3.63, 3.8) is 0 Å². The molecule has 0 aliphatic carbocycles. The number of benzene rings is 1. The molecule has 1 fully saturated rings. The van der Waals surface area contributed by atoms with Crippen LogP contribution in [0.15, 0.2) is 23.1 Å². The van der Waals surface area contributed by atoms with Crippen LogP contribution in [0.1, 0.15) is 43.5 Å². The van der Waals surface area contributed by atoms with E-state index in [4.69, 9.17) is 0 Å². The first-order chi connectivity index (χ1) is 10.3. The first-order valence-electron chi connectivity index (χ1n) is 7.49. The number of hydrogen-bond donors (Lipinski definition) is 2. The Morgan fingerprint density at radius 2 is 2.00 bits per heavy atom. The number of carbonyl (C=O) groups is 1. The summed E-state index contributed by atoms with van der Waals surface area (Å²) in [5.41, 5.74) is 0.626. The third-order valence-electron chi connectivity index (χ3n) is 3.92. The smallest absolute Gasteiger partial charge is 0.337 e. The molecule has 0 unspecified atom stereocenters. The number of sulfonamides is 1. The first-order valence-corrected chi connectivity index (χ1v) is 8.98. The Kier molecular flexibility index (Phi) is 5.08. The molecule has 1 atom stereocenters. The van der Waals surface area contributed by atoms with Gasteiger partial charge in [0.15, 0.2) is 0 Å². The predicted octanol–water partition coefficient (Wildman–Crippen LogP) is 2.06. The maximum absolute atomic E-state index is 12.3. The summed E-state index contributed by atoms with van der Waals surface area (Å²) in [6.45, 7) is 5.26. The van der Waals surface area contributed by atoms with Gasteiger partial charge in [-0.2, -0.15) is 0 Å². The van der Waals surface area contributed by atoms with Crippen LogP contribution in [0, 0.1) is 0 Å². The van der Waals surface area contributed by atoms with Gasteiger partial charge in [0.2, 0.25) is 10.0 Å². The quantitative estimate of drug-likeness (QED) is 0.835. The van der Waals surface area contributed by atoms with Crippen molar-refractivity contribution in [1.29, 1.82) is 0 Å². The van der Waals surface area contributed by atoms with Crippen LogP contribution in [0.4, 0.5) is 5.69 Å². The molecule has 0 aromatic heterocycles. The molecule has 1 aromatic carbocycles. The van der Waals surface area contributed by atoms with Crippen LogP contribution in [0.25, 0.3) is 0 Å². The standard InChI is InChI=1S/C15H22N2O4S/c1-3-11(2)16-22(20,21)12-6-7-14(13(10-12)15(18)19)17-8-4-5-9-17/h6-7,10-11,16H,3-5,8-9H2,1-2H3,(H,18,19)/t11-/m1/s1. The Balaban J connectivity index is 2.39. The van der Waals surface area contributed by atoms with E-state index in [0.29, 0.717) is 12.1 Å². The van der Waals surface area contributed by atoms with Crippen molar-refractivity contribution in [1.82, 2.24) is 4.72 Å². The topological polar surface area (TPSA) is 86.7 Å². The zero-order valence-electron chi connectivity index (χ0n) is 12.9. The van der Waals surface area contributed by atoms with Crippen molar-refractivity contribution in [2.45, 2.75) is 44.0 Å². The predicted molar refractivity (Wildman–Crippen MR) is 84.9 cm³/mol. The van der Waals surface area contributed by atoms with Crippen LogP contribution in [0.2, 0.25) is 0 Å². The van der Waals surface area contributed by atoms with E-state index in [2.05, 4.69) is 4.72 Å². The van der Waals surface area contributed by atoms with Gasteiger partial charge in [-0.15, -0.1) is 0 Å². The molecule has 0 radical (unpaired) electrons. The molecule has 0 amide bonds. The molecule has 7 heteroatoms. The molecule has 122 valence electrons. The van der Waals surface area contributed by atoms with E-state index in [9.17, 15) is 18.3 Å². The lowest BCUT2D eigenvalue weighted by Gasteiger charge is -2.21. The van der Waals surface area contributed by atoms with Gasteiger partial charge in [-0.25, -0.2) is 17.9 Å². The molecule has 0 saturated carbocycles. The van der Waals surface area contributed by atoms with Gasteiger partial charge < -0.3 is 10.0 Å². The van der Waals surface area contributed by atoms with Gasteiger partial charge in [0, 0.05) is 19.1 Å². The fraction of sp³-hybridized carbons (Fsp3) is 0.533. The number of nitrogens with zero attached hydrogens (tertiary/aromatic N) is 1. The molecule has 1 aliphatic heterocycles. The summed E-state index contributed by atoms with van der Waals surface area (Å²) in [6, 6.07) is 4.13. The van der Waals surface area contributed by atoms with Crippen molar-refractivity contribution in [3.05, 3.63) is 23.8 Å². The fourth-order valence-electron chi connectivity index (χ4n) is 2.50. The molecule has 2 rings (SSSR count). The van der Waals surface area contributed by atoms with Gasteiger partial charge in [0.05, 0.1) is 16.1 Å². The molecule has 2 N–H and O–H groups in total. The van der Waals surface area contributed by atoms with E-state index < -0.39 is 16.0 Å². The van der Waals surface area contributed by atoms with Gasteiger partial charge in [-0.1, -0.05) is 6.92 Å². The number of carboxylic acid groups (broad SMARTS) is 1. The molecule has 6 nitrogen and oxygen atoms in total. The first kappa shape index (κ1) is 16.8. The van der Waals surface area contributed by atoms with Gasteiger partial charge >= 0.3 is 5.97 Å². The highest BCUT2D eigenvalue weighted by Gasteiger charge is 2.23. The van der Waals surface area contributed by atoms with Crippen LogP contribution >= 0.6 is 0 Å². The molecule has 22 heavy (non-hydrogen) atoms. The summed E-state index contributed by atoms with van der Waals surface area (Å²) >= 11 is 0. The van der Waals surface area contributed by atoms with Crippen LogP contribution < -0.4 is 9.62 Å². The number of nitrogens with one attached hydrogen (secondary N) is 1. The lowest BCUT2D eigenvalue weighted by molar-refractivity contribution is 0.0697. The number of carboxylic acids is 1. The summed E-state index contributed by atoms with van der Waals surface area (Å²) in [5.74, 6) is -1.11. The van der Waals surface area contributed by atoms with E-state index in [-0.39, 0.29) is 16.5 Å². The molecule has 1 aromatic rings. The SMILES string of the molecule is CC[C@@H](C)NS(=O)(=O)c1ccc(N2CCCC2)c(C(=O)O)c1. The second kappa shape index (κ2) is 6.66. The molecular formula is C15H22N2O4S. The second-order valence-electron chi connectivity index (χ2n) is 5.61. The third kappa shape index (κ3) is 3.59. The lowest BCUT2D eigenvalue weighted by Crippen LogP contribution is -2.32. The number of hydrogen-bond acceptors (Lipinski definition) is 4. The molecular weight excluding hydrogens is 304 g/mol. The van der Waals surface area contributed by atoms with Crippen LogP contribution in [-0.2, 0) is 10.0 Å². The maximum atomic E-state index is 12.3. The molecule has 1 saturated heterocycles. The monoisotopic (exact) mass is 326 g/mol. The minimum absolute atomic E-state index is 0.00635. The van der Waals surface area contributed by atoms with Crippen molar-refractivity contribution >= 4 is 21.7 Å². The molecule has 1 heterocycles. The van der Waals surface area contributed by atoms with Gasteiger partial charge in [0.1, 0.15) is 0 Å². The molecule has 0 spiro atoms. The zero-order chi connectivity index (χ0) is 16.3. The van der Waals surface area contributed by atoms with Gasteiger partial charge in [-0.3, -0.25) is 0 Å². The third-order valence-corrected chi connectivity index (χ3v) is 5.51. The van der Waals surface area contributed by atoms with Crippen molar-refractivity contribution < 1.29 is 18.3 Å². The molecule has 1 aliphatic rings. The Morgan fingerprint density at radius 1 is 1.36 bits per heavy atom. The summed E-state index contributed by atoms with van der Waals surface area (Å²) < 4.78 is 27.1. The van der Waals surface area contributed by atoms with E-state index in [1.54, 1.807) is 13.0 Å². The summed E-state index contributed by atoms with van der Waals surface area (Å²) in [4.78, 5) is 13.5. The highest BCUT2D eigenvalue weighted by atomic mass is 32.2. The van der Waals surface area contributed by atoms with Crippen LogP contribution in [-0.4, -0.2) is 38.6 Å². The van der Waals surface area contributed by atoms with Crippen LogP contribution in [0.3, 0.4) is 0 Å². The van der Waals surface area contributed by atoms with Crippen LogP contribution in [0.5, 0.6) is 0 Å². The average molecular weight is 326 g/mol. The lowest BCUT2D eigenvalue weighted by atomic mass is 10.1. The summed E-state index contributed by atoms with van der Waals surface area (Å²) in [6.07, 6.45) is 2.71. The highest BCUT2D eigenvalue weighted by Crippen LogP contribution is 2.27. The van der Waals surface area contributed by atoms with Gasteiger partial charge in [0.25, 0.3) is 0 Å². The zero-order valence-corrected chi connectivity index (χ0v) is 13.7. The van der Waals surface area contributed by atoms with Crippen molar-refractivity contribution in [3.8, 4) is 0 Å². The Labute approximate surface area is 131 Å². The minimum atomic E-state index is -3.70. The Bertz CT molecular complexity index is 652. The fourth-order valence-corrected chi connectivity index (χ4v) is 3.86. The van der Waals surface area contributed by atoms with E-state index >= 15 is 0 Å². The normalized spacial score (nSPS) is 16.7. The van der Waals surface area contributed by atoms with Gasteiger partial charge in [-0.05, 0) is 44.4 Å². The molecule has 0 bridgehead atoms. The number of aromatic carboxylic acids is 1. The average Bonchev–Trinajstić information content (AvgIpc) is 3.00. The minimum Gasteiger partial charge on any atom is -0.478 e. The Morgan fingerprint density at radius 3 is 2.55 bits per heavy atom. The van der Waals surface area contributed by atoms with E-state index in [0.717, 1.165) is 25.9 Å². The Hall–Kier alpha value is -1.60. The summed E-state index contributed by atoms with van der Waals surface area (Å²) in [5, 5.41) is 9.40. The van der Waals surface area contributed by atoms with Crippen molar-refractivity contribution in [2.75, 3.05) is 18.0 Å². The van der Waals surface area contributed by atoms with Crippen molar-refractivity contribution in [2.24, 2.45) is 0 Å². The largest absolute Gasteiger partial charge is 0.478 e. The second-order valence-corrected chi connectivity index (χ2v) is 7.32. The summed E-state index contributed by atoms with van der Waals surface area (Å²) in [7, 11) is -3.70. The maximum Gasteiger partial charge on any atom is 0.337 e. The highest BCUT2D eigenvalue weighted by molar-refractivity contribution is 7.89. The van der Waals surface area contributed by atoms with E-state index in [1.807, 2.05) is 11.8 Å². The van der Waals surface area contributed by atoms with E-state index in [1.165, 1.54) is 12.1 Å². The number of anilines is 1. The number of rotatable bonds is 6.